The molecule has 1 heterocycles. The molecule has 2 nitrogen and oxygen atoms in total. The van der Waals surface area contributed by atoms with Crippen molar-refractivity contribution in [3.63, 3.8) is 0 Å². The second-order valence-electron chi connectivity index (χ2n) is 3.71. The summed E-state index contributed by atoms with van der Waals surface area (Å²) in [6.45, 7) is 5.56. The average molecular weight is 209 g/mol. The molecule has 2 rings (SSSR count). The molecular weight excluding hydrogens is 195 g/mol. The number of hydrogen-bond acceptors (Lipinski definition) is 2. The summed E-state index contributed by atoms with van der Waals surface area (Å²) in [7, 11) is 0. The van der Waals surface area contributed by atoms with Crippen LogP contribution in [0.4, 0.5) is 0 Å². The second-order valence-corrected chi connectivity index (χ2v) is 5.26. The molecule has 4 heteroatoms. The first-order valence-corrected chi connectivity index (χ1v) is 5.25. The fraction of sp³-hybridized carbons (Fsp3) is 1.00. The van der Waals surface area contributed by atoms with Crippen LogP contribution in [0, 0.1) is 5.92 Å². The molecule has 0 aromatic rings. The van der Waals surface area contributed by atoms with Gasteiger partial charge in [-0.2, -0.15) is 0 Å². The lowest BCUT2D eigenvalue weighted by atomic mass is 10.3. The van der Waals surface area contributed by atoms with E-state index in [1.165, 1.54) is 0 Å². The van der Waals surface area contributed by atoms with Gasteiger partial charge in [0.2, 0.25) is 0 Å². The molecule has 1 N–H and O–H groups in total. The molecule has 1 aliphatic carbocycles. The number of rotatable bonds is 2. The van der Waals surface area contributed by atoms with Crippen molar-refractivity contribution >= 4 is 23.2 Å². The molecule has 1 aliphatic heterocycles. The van der Waals surface area contributed by atoms with E-state index in [1.54, 1.807) is 0 Å². The van der Waals surface area contributed by atoms with Crippen LogP contribution in [0.25, 0.3) is 0 Å². The van der Waals surface area contributed by atoms with Gasteiger partial charge < -0.3 is 10.2 Å². The van der Waals surface area contributed by atoms with Crippen molar-refractivity contribution in [3.05, 3.63) is 0 Å². The van der Waals surface area contributed by atoms with Crippen LogP contribution in [-0.2, 0) is 0 Å². The van der Waals surface area contributed by atoms with Gasteiger partial charge in [-0.1, -0.05) is 0 Å². The molecular formula is C8H14Cl2N2. The van der Waals surface area contributed by atoms with E-state index in [0.717, 1.165) is 39.1 Å². The Bertz CT molecular complexity index is 166. The molecule has 0 aromatic heterocycles. The number of alkyl halides is 2. The third-order valence-electron chi connectivity index (χ3n) is 2.64. The van der Waals surface area contributed by atoms with Crippen LogP contribution in [0.5, 0.6) is 0 Å². The number of halogens is 2. The molecule has 12 heavy (non-hydrogen) atoms. The monoisotopic (exact) mass is 208 g/mol. The van der Waals surface area contributed by atoms with Gasteiger partial charge in [0, 0.05) is 38.6 Å². The maximum Gasteiger partial charge on any atom is 0.122 e. The molecule has 2 fully saturated rings. The minimum absolute atomic E-state index is 0.398. The maximum absolute atomic E-state index is 5.95. The minimum Gasteiger partial charge on any atom is -0.314 e. The Morgan fingerprint density at radius 2 is 1.92 bits per heavy atom. The highest BCUT2D eigenvalue weighted by Gasteiger charge is 2.51. The van der Waals surface area contributed by atoms with Gasteiger partial charge in [-0.25, -0.2) is 0 Å². The van der Waals surface area contributed by atoms with Gasteiger partial charge in [-0.05, 0) is 6.42 Å². The summed E-state index contributed by atoms with van der Waals surface area (Å²) in [6, 6.07) is 0. The van der Waals surface area contributed by atoms with E-state index in [2.05, 4.69) is 10.2 Å². The zero-order valence-corrected chi connectivity index (χ0v) is 8.53. The van der Waals surface area contributed by atoms with Crippen molar-refractivity contribution in [2.75, 3.05) is 32.7 Å². The quantitative estimate of drug-likeness (QED) is 0.685. The molecule has 1 unspecified atom stereocenters. The van der Waals surface area contributed by atoms with Crippen molar-refractivity contribution < 1.29 is 0 Å². The van der Waals surface area contributed by atoms with Gasteiger partial charge in [0.05, 0.1) is 0 Å². The number of nitrogens with zero attached hydrogens (tertiary/aromatic N) is 1. The van der Waals surface area contributed by atoms with Gasteiger partial charge in [0.15, 0.2) is 0 Å². The normalized spacial score (nSPS) is 35.0. The lowest BCUT2D eigenvalue weighted by Gasteiger charge is -2.27. The summed E-state index contributed by atoms with van der Waals surface area (Å²) in [4.78, 5) is 2.44. The van der Waals surface area contributed by atoms with Crippen LogP contribution in [0.3, 0.4) is 0 Å². The van der Waals surface area contributed by atoms with E-state index in [0.29, 0.717) is 5.92 Å². The largest absolute Gasteiger partial charge is 0.314 e. The van der Waals surface area contributed by atoms with Crippen molar-refractivity contribution in [1.29, 1.82) is 0 Å². The molecule has 2 aliphatic rings. The van der Waals surface area contributed by atoms with E-state index < -0.39 is 4.33 Å². The summed E-state index contributed by atoms with van der Waals surface area (Å²) >= 11 is 11.9. The Labute approximate surface area is 83.2 Å². The lowest BCUT2D eigenvalue weighted by molar-refractivity contribution is 0.231. The maximum atomic E-state index is 5.95. The fourth-order valence-corrected chi connectivity index (χ4v) is 2.18. The summed E-state index contributed by atoms with van der Waals surface area (Å²) in [5, 5.41) is 3.32. The van der Waals surface area contributed by atoms with Gasteiger partial charge in [-0.15, -0.1) is 23.2 Å². The average Bonchev–Trinajstić information content (AvgIpc) is 2.61. The highest BCUT2D eigenvalue weighted by Crippen LogP contribution is 2.53. The van der Waals surface area contributed by atoms with Crippen LogP contribution in [0.1, 0.15) is 6.42 Å². The second kappa shape index (κ2) is 3.33. The van der Waals surface area contributed by atoms with Crippen molar-refractivity contribution in [2.24, 2.45) is 5.92 Å². The standard InChI is InChI=1S/C8H14Cl2N2/c9-8(10)5-7(8)6-12-3-1-11-2-4-12/h7,11H,1-6H2. The summed E-state index contributed by atoms with van der Waals surface area (Å²) in [5.74, 6) is 0.513. The molecule has 0 radical (unpaired) electrons. The predicted molar refractivity (Wildman–Crippen MR) is 51.9 cm³/mol. The van der Waals surface area contributed by atoms with Crippen LogP contribution < -0.4 is 5.32 Å². The van der Waals surface area contributed by atoms with Gasteiger partial charge in [0.1, 0.15) is 4.33 Å². The topological polar surface area (TPSA) is 15.3 Å². The number of nitrogens with one attached hydrogen (secondary N) is 1. The smallest absolute Gasteiger partial charge is 0.122 e. The molecule has 0 amide bonds. The van der Waals surface area contributed by atoms with E-state index in [9.17, 15) is 0 Å². The molecule has 0 bridgehead atoms. The molecule has 1 saturated carbocycles. The fourth-order valence-electron chi connectivity index (χ4n) is 1.67. The van der Waals surface area contributed by atoms with E-state index in [-0.39, 0.29) is 0 Å². The predicted octanol–water partition coefficient (Wildman–Crippen LogP) is 1.09. The third-order valence-corrected chi connectivity index (χ3v) is 3.57. The SMILES string of the molecule is ClC1(Cl)CC1CN1CCNCC1. The van der Waals surface area contributed by atoms with Gasteiger partial charge >= 0.3 is 0 Å². The zero-order chi connectivity index (χ0) is 8.60. The van der Waals surface area contributed by atoms with Crippen molar-refractivity contribution in [1.82, 2.24) is 10.2 Å². The van der Waals surface area contributed by atoms with Crippen molar-refractivity contribution in [3.8, 4) is 0 Å². The minimum atomic E-state index is -0.398. The van der Waals surface area contributed by atoms with Crippen LogP contribution in [0.15, 0.2) is 0 Å². The number of piperazine rings is 1. The van der Waals surface area contributed by atoms with Crippen LogP contribution in [-0.4, -0.2) is 42.0 Å². The van der Waals surface area contributed by atoms with Gasteiger partial charge in [0.25, 0.3) is 0 Å². The highest BCUT2D eigenvalue weighted by atomic mass is 35.5. The van der Waals surface area contributed by atoms with E-state index >= 15 is 0 Å². The Morgan fingerprint density at radius 1 is 1.33 bits per heavy atom. The lowest BCUT2D eigenvalue weighted by Crippen LogP contribution is -2.44. The highest BCUT2D eigenvalue weighted by molar-refractivity contribution is 6.50. The third kappa shape index (κ3) is 2.05. The Balaban J connectivity index is 1.73. The first-order valence-electron chi connectivity index (χ1n) is 4.49. The first kappa shape index (κ1) is 9.07. The molecule has 1 saturated heterocycles. The van der Waals surface area contributed by atoms with Crippen molar-refractivity contribution in [2.45, 2.75) is 10.8 Å². The van der Waals surface area contributed by atoms with Crippen LogP contribution >= 0.6 is 23.2 Å². The number of hydrogen-bond donors (Lipinski definition) is 1. The Kier molecular flexibility index (Phi) is 2.52. The first-order chi connectivity index (χ1) is 5.68. The summed E-state index contributed by atoms with van der Waals surface area (Å²) in [5.41, 5.74) is 0. The van der Waals surface area contributed by atoms with E-state index in [1.807, 2.05) is 0 Å². The molecule has 1 atom stereocenters. The zero-order valence-electron chi connectivity index (χ0n) is 7.02. The summed E-state index contributed by atoms with van der Waals surface area (Å²) < 4.78 is -0.398. The molecule has 0 spiro atoms. The Hall–Kier alpha value is 0.500. The molecule has 70 valence electrons. The Morgan fingerprint density at radius 3 is 2.42 bits per heavy atom. The van der Waals surface area contributed by atoms with E-state index in [4.69, 9.17) is 23.2 Å². The van der Waals surface area contributed by atoms with Gasteiger partial charge in [-0.3, -0.25) is 0 Å². The molecule has 0 aromatic carbocycles. The summed E-state index contributed by atoms with van der Waals surface area (Å²) in [6.07, 6.45) is 0.972. The van der Waals surface area contributed by atoms with Crippen LogP contribution in [0.2, 0.25) is 0 Å².